The number of aromatic nitrogens is 1. The van der Waals surface area contributed by atoms with Gasteiger partial charge < -0.3 is 10.6 Å². The molecule has 18 heavy (non-hydrogen) atoms. The Balaban J connectivity index is 1.74. The highest BCUT2D eigenvalue weighted by atomic mass is 16.1. The van der Waals surface area contributed by atoms with Crippen molar-refractivity contribution in [3.8, 4) is 0 Å². The quantitative estimate of drug-likeness (QED) is 0.856. The van der Waals surface area contributed by atoms with E-state index in [9.17, 15) is 4.79 Å². The smallest absolute Gasteiger partial charge is 0.225 e. The molecule has 4 nitrogen and oxygen atoms in total. The maximum Gasteiger partial charge on any atom is 0.225 e. The third kappa shape index (κ3) is 4.11. The lowest BCUT2D eigenvalue weighted by Gasteiger charge is -2.22. The van der Waals surface area contributed by atoms with Gasteiger partial charge in [0.1, 0.15) is 5.82 Å². The van der Waals surface area contributed by atoms with Crippen molar-refractivity contribution >= 4 is 11.7 Å². The minimum Gasteiger partial charge on any atom is -0.316 e. The van der Waals surface area contributed by atoms with Crippen molar-refractivity contribution in [3.63, 3.8) is 0 Å². The number of pyridine rings is 1. The maximum atomic E-state index is 11.8. The molecule has 1 saturated heterocycles. The van der Waals surface area contributed by atoms with Crippen LogP contribution < -0.4 is 10.6 Å². The Kier molecular flexibility index (Phi) is 4.70. The van der Waals surface area contributed by atoms with Crippen LogP contribution in [0.5, 0.6) is 0 Å². The molecule has 2 N–H and O–H groups in total. The Hall–Kier alpha value is -1.42. The second-order valence-electron chi connectivity index (χ2n) is 4.96. The van der Waals surface area contributed by atoms with Crippen molar-refractivity contribution in [3.05, 3.63) is 23.9 Å². The van der Waals surface area contributed by atoms with Gasteiger partial charge in [-0.15, -0.1) is 0 Å². The summed E-state index contributed by atoms with van der Waals surface area (Å²) in [5.74, 6) is 1.37. The van der Waals surface area contributed by atoms with Gasteiger partial charge in [-0.25, -0.2) is 4.98 Å². The zero-order chi connectivity index (χ0) is 12.8. The Bertz CT molecular complexity index is 400. The highest BCUT2D eigenvalue weighted by Gasteiger charge is 2.14. The molecule has 98 valence electrons. The number of nitrogens with one attached hydrogen (secondary N) is 2. The van der Waals surface area contributed by atoms with E-state index in [2.05, 4.69) is 15.6 Å². The Labute approximate surface area is 108 Å². The molecule has 0 spiro atoms. The van der Waals surface area contributed by atoms with Gasteiger partial charge in [0.15, 0.2) is 0 Å². The summed E-state index contributed by atoms with van der Waals surface area (Å²) in [6.07, 6.45) is 4.02. The third-order valence-electron chi connectivity index (χ3n) is 3.33. The number of amides is 1. The molecule has 2 heterocycles. The van der Waals surface area contributed by atoms with Crippen molar-refractivity contribution in [2.24, 2.45) is 5.92 Å². The van der Waals surface area contributed by atoms with Gasteiger partial charge in [-0.2, -0.15) is 0 Å². The number of hydrogen-bond acceptors (Lipinski definition) is 3. The zero-order valence-electron chi connectivity index (χ0n) is 10.9. The fraction of sp³-hybridized carbons (Fsp3) is 0.571. The van der Waals surface area contributed by atoms with Gasteiger partial charge >= 0.3 is 0 Å². The molecule has 0 aromatic carbocycles. The number of carbonyl (C=O) groups excluding carboxylic acids is 1. The van der Waals surface area contributed by atoms with Crippen LogP contribution in [0.1, 0.15) is 31.4 Å². The molecule has 1 aliphatic heterocycles. The third-order valence-corrected chi connectivity index (χ3v) is 3.33. The van der Waals surface area contributed by atoms with Crippen LogP contribution in [0.2, 0.25) is 0 Å². The highest BCUT2D eigenvalue weighted by molar-refractivity contribution is 5.89. The van der Waals surface area contributed by atoms with Crippen LogP contribution >= 0.6 is 0 Å². The Morgan fingerprint density at radius 1 is 1.56 bits per heavy atom. The van der Waals surface area contributed by atoms with Gasteiger partial charge in [-0.3, -0.25) is 4.79 Å². The molecule has 0 aliphatic carbocycles. The maximum absolute atomic E-state index is 11.8. The van der Waals surface area contributed by atoms with E-state index >= 15 is 0 Å². The first-order valence-electron chi connectivity index (χ1n) is 6.68. The summed E-state index contributed by atoms with van der Waals surface area (Å²) in [6.45, 7) is 4.09. The normalized spacial score (nSPS) is 19.5. The molecule has 4 heteroatoms. The molecule has 0 saturated carbocycles. The van der Waals surface area contributed by atoms with Crippen molar-refractivity contribution < 1.29 is 4.79 Å². The summed E-state index contributed by atoms with van der Waals surface area (Å²) in [6, 6.07) is 5.65. The molecular weight excluding hydrogens is 226 g/mol. The van der Waals surface area contributed by atoms with Crippen LogP contribution in [0.3, 0.4) is 0 Å². The van der Waals surface area contributed by atoms with Crippen LogP contribution in [0, 0.1) is 12.8 Å². The summed E-state index contributed by atoms with van der Waals surface area (Å²) in [5.41, 5.74) is 0.921. The number of carbonyl (C=O) groups is 1. The molecule has 1 amide bonds. The molecule has 2 rings (SSSR count). The minimum atomic E-state index is 0.0682. The first-order chi connectivity index (χ1) is 8.74. The number of piperidine rings is 1. The average Bonchev–Trinajstić information content (AvgIpc) is 2.38. The van der Waals surface area contributed by atoms with Crippen molar-refractivity contribution in [2.45, 2.75) is 32.6 Å². The van der Waals surface area contributed by atoms with E-state index in [1.165, 1.54) is 12.8 Å². The van der Waals surface area contributed by atoms with Gasteiger partial charge in [0.2, 0.25) is 5.91 Å². The molecule has 1 aromatic rings. The van der Waals surface area contributed by atoms with E-state index in [0.29, 0.717) is 18.2 Å². The second-order valence-corrected chi connectivity index (χ2v) is 4.96. The lowest BCUT2D eigenvalue weighted by Crippen LogP contribution is -2.30. The average molecular weight is 247 g/mol. The lowest BCUT2D eigenvalue weighted by atomic mass is 9.94. The van der Waals surface area contributed by atoms with E-state index in [4.69, 9.17) is 0 Å². The van der Waals surface area contributed by atoms with E-state index in [1.54, 1.807) is 0 Å². The number of aryl methyl sites for hydroxylation is 1. The van der Waals surface area contributed by atoms with Gasteiger partial charge in [-0.05, 0) is 57.3 Å². The number of anilines is 1. The van der Waals surface area contributed by atoms with Crippen LogP contribution in [0.25, 0.3) is 0 Å². The summed E-state index contributed by atoms with van der Waals surface area (Å²) in [7, 11) is 0. The molecule has 1 atom stereocenters. The van der Waals surface area contributed by atoms with E-state index < -0.39 is 0 Å². The molecule has 1 aromatic heterocycles. The zero-order valence-corrected chi connectivity index (χ0v) is 10.9. The highest BCUT2D eigenvalue weighted by Crippen LogP contribution is 2.16. The van der Waals surface area contributed by atoms with Crippen molar-refractivity contribution in [2.75, 3.05) is 18.4 Å². The fourth-order valence-electron chi connectivity index (χ4n) is 2.32. The predicted molar refractivity (Wildman–Crippen MR) is 72.4 cm³/mol. The summed E-state index contributed by atoms with van der Waals surface area (Å²) >= 11 is 0. The summed E-state index contributed by atoms with van der Waals surface area (Å²) in [4.78, 5) is 16.1. The van der Waals surface area contributed by atoms with Gasteiger partial charge in [0.05, 0.1) is 0 Å². The van der Waals surface area contributed by atoms with E-state index in [1.807, 2.05) is 25.1 Å². The van der Waals surface area contributed by atoms with Gasteiger partial charge in [-0.1, -0.05) is 6.07 Å². The molecule has 1 unspecified atom stereocenters. The SMILES string of the molecule is Cc1cccc(NC(=O)CCC2CCCNC2)n1. The van der Waals surface area contributed by atoms with Crippen LogP contribution in [0.4, 0.5) is 5.82 Å². The number of nitrogens with zero attached hydrogens (tertiary/aromatic N) is 1. The Morgan fingerprint density at radius 2 is 2.44 bits per heavy atom. The van der Waals surface area contributed by atoms with Gasteiger partial charge in [0.25, 0.3) is 0 Å². The van der Waals surface area contributed by atoms with Crippen LogP contribution in [-0.2, 0) is 4.79 Å². The summed E-state index contributed by atoms with van der Waals surface area (Å²) in [5, 5.41) is 6.22. The number of hydrogen-bond donors (Lipinski definition) is 2. The largest absolute Gasteiger partial charge is 0.316 e. The standard InChI is InChI=1S/C14H21N3O/c1-11-4-2-6-13(16-11)17-14(18)8-7-12-5-3-9-15-10-12/h2,4,6,12,15H,3,5,7-10H2,1H3,(H,16,17,18). The predicted octanol–water partition coefficient (Wildman–Crippen LogP) is 2.11. The first-order valence-corrected chi connectivity index (χ1v) is 6.68. The minimum absolute atomic E-state index is 0.0682. The van der Waals surface area contributed by atoms with Crippen LogP contribution in [-0.4, -0.2) is 24.0 Å². The first kappa shape index (κ1) is 13.0. The monoisotopic (exact) mass is 247 g/mol. The molecular formula is C14H21N3O. The molecule has 0 bridgehead atoms. The topological polar surface area (TPSA) is 54.0 Å². The lowest BCUT2D eigenvalue weighted by molar-refractivity contribution is -0.116. The molecule has 1 aliphatic rings. The van der Waals surface area contributed by atoms with E-state index in [0.717, 1.165) is 25.2 Å². The number of rotatable bonds is 4. The van der Waals surface area contributed by atoms with Crippen molar-refractivity contribution in [1.82, 2.24) is 10.3 Å². The fourth-order valence-corrected chi connectivity index (χ4v) is 2.32. The Morgan fingerprint density at radius 3 is 3.17 bits per heavy atom. The van der Waals surface area contributed by atoms with Crippen molar-refractivity contribution in [1.29, 1.82) is 0 Å². The van der Waals surface area contributed by atoms with Crippen LogP contribution in [0.15, 0.2) is 18.2 Å². The summed E-state index contributed by atoms with van der Waals surface area (Å²) < 4.78 is 0. The molecule has 1 fully saturated rings. The van der Waals surface area contributed by atoms with E-state index in [-0.39, 0.29) is 5.91 Å². The molecule has 0 radical (unpaired) electrons. The second kappa shape index (κ2) is 6.50. The van der Waals surface area contributed by atoms with Gasteiger partial charge in [0, 0.05) is 12.1 Å².